The van der Waals surface area contributed by atoms with E-state index in [9.17, 15) is 9.59 Å². The van der Waals surface area contributed by atoms with E-state index in [2.05, 4.69) is 5.32 Å². The number of thioether (sulfide) groups is 1. The Hall–Kier alpha value is -1.24. The molecule has 1 N–H and O–H groups in total. The highest BCUT2D eigenvalue weighted by atomic mass is 35.5. The van der Waals surface area contributed by atoms with E-state index in [4.69, 9.17) is 11.6 Å². The summed E-state index contributed by atoms with van der Waals surface area (Å²) < 4.78 is 0. The fraction of sp³-hybridized carbons (Fsp3) is 0.500. The van der Waals surface area contributed by atoms with Crippen LogP contribution in [0.25, 0.3) is 0 Å². The maximum absolute atomic E-state index is 12.6. The van der Waals surface area contributed by atoms with Gasteiger partial charge in [-0.2, -0.15) is 0 Å². The van der Waals surface area contributed by atoms with Crippen LogP contribution in [0.3, 0.4) is 0 Å². The Labute approximate surface area is 145 Å². The number of hydrogen-bond acceptors (Lipinski definition) is 4. The van der Waals surface area contributed by atoms with Crippen LogP contribution in [-0.4, -0.2) is 65.5 Å². The van der Waals surface area contributed by atoms with Crippen molar-refractivity contribution in [2.75, 3.05) is 37.8 Å². The monoisotopic (exact) mass is 353 g/mol. The summed E-state index contributed by atoms with van der Waals surface area (Å²) in [6, 6.07) is 7.03. The third kappa shape index (κ3) is 3.82. The molecule has 0 bridgehead atoms. The molecule has 3 rings (SSSR count). The molecule has 2 amide bonds. The number of rotatable bonds is 2. The molecule has 124 valence electrons. The Morgan fingerprint density at radius 3 is 2.61 bits per heavy atom. The fourth-order valence-corrected chi connectivity index (χ4v) is 4.07. The zero-order valence-electron chi connectivity index (χ0n) is 12.8. The van der Waals surface area contributed by atoms with Crippen LogP contribution in [0.1, 0.15) is 16.8 Å². The molecule has 1 atom stereocenters. The first kappa shape index (κ1) is 16.6. The molecule has 0 radical (unpaired) electrons. The Morgan fingerprint density at radius 1 is 1.13 bits per heavy atom. The van der Waals surface area contributed by atoms with Gasteiger partial charge in [0.2, 0.25) is 5.91 Å². The first-order chi connectivity index (χ1) is 11.2. The fourth-order valence-electron chi connectivity index (χ4n) is 2.92. The molecule has 2 aliphatic heterocycles. The highest BCUT2D eigenvalue weighted by molar-refractivity contribution is 7.99. The van der Waals surface area contributed by atoms with E-state index in [1.807, 2.05) is 17.0 Å². The molecule has 2 aliphatic rings. The van der Waals surface area contributed by atoms with E-state index < -0.39 is 0 Å². The van der Waals surface area contributed by atoms with E-state index in [0.29, 0.717) is 36.8 Å². The summed E-state index contributed by atoms with van der Waals surface area (Å²) in [5.74, 6) is 1.76. The van der Waals surface area contributed by atoms with Crippen LogP contribution in [0.15, 0.2) is 24.3 Å². The number of carbonyl (C=O) groups excluding carboxylic acids is 2. The van der Waals surface area contributed by atoms with Gasteiger partial charge in [0, 0.05) is 37.8 Å². The van der Waals surface area contributed by atoms with Gasteiger partial charge in [-0.1, -0.05) is 23.7 Å². The van der Waals surface area contributed by atoms with Crippen molar-refractivity contribution in [3.63, 3.8) is 0 Å². The topological polar surface area (TPSA) is 52.7 Å². The third-order valence-corrected chi connectivity index (χ3v) is 5.48. The lowest BCUT2D eigenvalue weighted by atomic mass is 10.2. The second-order valence-corrected chi connectivity index (χ2v) is 7.16. The van der Waals surface area contributed by atoms with Crippen LogP contribution in [0.2, 0.25) is 5.02 Å². The van der Waals surface area contributed by atoms with Crippen molar-refractivity contribution in [3.05, 3.63) is 34.9 Å². The van der Waals surface area contributed by atoms with Crippen molar-refractivity contribution in [1.82, 2.24) is 15.1 Å². The van der Waals surface area contributed by atoms with Crippen LogP contribution in [-0.2, 0) is 4.79 Å². The molecule has 1 aromatic carbocycles. The van der Waals surface area contributed by atoms with Gasteiger partial charge in [-0.15, -0.1) is 11.8 Å². The lowest BCUT2D eigenvalue weighted by Crippen LogP contribution is -2.46. The lowest BCUT2D eigenvalue weighted by Gasteiger charge is -2.24. The lowest BCUT2D eigenvalue weighted by molar-refractivity contribution is -0.132. The Bertz CT molecular complexity index is 592. The molecule has 2 heterocycles. The molecule has 2 saturated heterocycles. The predicted octanol–water partition coefficient (Wildman–Crippen LogP) is 1.68. The van der Waals surface area contributed by atoms with Crippen LogP contribution in [0.5, 0.6) is 0 Å². The summed E-state index contributed by atoms with van der Waals surface area (Å²) in [5, 5.41) is 3.69. The van der Waals surface area contributed by atoms with Gasteiger partial charge in [-0.05, 0) is 18.6 Å². The van der Waals surface area contributed by atoms with E-state index in [0.717, 1.165) is 18.1 Å². The number of carbonyl (C=O) groups is 2. The molecular formula is C16H20ClN3O2S. The van der Waals surface area contributed by atoms with Crippen LogP contribution < -0.4 is 5.32 Å². The number of benzene rings is 1. The highest BCUT2D eigenvalue weighted by Gasteiger charge is 2.29. The normalized spacial score (nSPS) is 22.0. The molecule has 0 spiro atoms. The Morgan fingerprint density at radius 2 is 1.87 bits per heavy atom. The first-order valence-corrected chi connectivity index (χ1v) is 9.34. The minimum absolute atomic E-state index is 0.0561. The van der Waals surface area contributed by atoms with Crippen molar-refractivity contribution < 1.29 is 9.59 Å². The van der Waals surface area contributed by atoms with Gasteiger partial charge < -0.3 is 9.80 Å². The third-order valence-electron chi connectivity index (χ3n) is 4.21. The van der Waals surface area contributed by atoms with Crippen molar-refractivity contribution >= 4 is 35.2 Å². The van der Waals surface area contributed by atoms with Crippen molar-refractivity contribution in [2.45, 2.75) is 12.5 Å². The van der Waals surface area contributed by atoms with Gasteiger partial charge in [0.15, 0.2) is 0 Å². The number of nitrogens with zero attached hydrogens (tertiary/aromatic N) is 2. The molecule has 1 aromatic rings. The standard InChI is InChI=1S/C16H20ClN3O2S/c17-13-5-2-1-4-12(13)15(21)19-6-3-7-20(9-8-19)16(22)14-10-23-11-18-14/h1-2,4-5,14,18H,3,6-11H2. The van der Waals surface area contributed by atoms with E-state index in [1.165, 1.54) is 0 Å². The minimum atomic E-state index is -0.0779. The summed E-state index contributed by atoms with van der Waals surface area (Å²) in [4.78, 5) is 28.8. The van der Waals surface area contributed by atoms with Crippen LogP contribution >= 0.6 is 23.4 Å². The number of halogens is 1. The maximum atomic E-state index is 12.6. The quantitative estimate of drug-likeness (QED) is 0.879. The van der Waals surface area contributed by atoms with Crippen LogP contribution in [0, 0.1) is 0 Å². The molecule has 0 aliphatic carbocycles. The molecule has 1 unspecified atom stereocenters. The molecule has 0 aromatic heterocycles. The van der Waals surface area contributed by atoms with E-state index in [-0.39, 0.29) is 17.9 Å². The average molecular weight is 354 g/mol. The zero-order valence-corrected chi connectivity index (χ0v) is 14.4. The number of nitrogens with one attached hydrogen (secondary N) is 1. The largest absolute Gasteiger partial charge is 0.339 e. The molecule has 7 heteroatoms. The van der Waals surface area contributed by atoms with Gasteiger partial charge in [-0.25, -0.2) is 0 Å². The summed E-state index contributed by atoms with van der Waals surface area (Å²) >= 11 is 7.87. The molecule has 0 saturated carbocycles. The molecule has 5 nitrogen and oxygen atoms in total. The predicted molar refractivity (Wildman–Crippen MR) is 92.8 cm³/mol. The van der Waals surface area contributed by atoms with E-state index >= 15 is 0 Å². The summed E-state index contributed by atoms with van der Waals surface area (Å²) in [6.45, 7) is 2.49. The smallest absolute Gasteiger partial charge is 0.255 e. The number of hydrogen-bond donors (Lipinski definition) is 1. The average Bonchev–Trinajstić information content (AvgIpc) is 2.98. The SMILES string of the molecule is O=C(c1ccccc1Cl)N1CCCN(C(=O)C2CSCN2)CC1. The van der Waals surface area contributed by atoms with Crippen molar-refractivity contribution in [1.29, 1.82) is 0 Å². The van der Waals surface area contributed by atoms with E-state index in [1.54, 1.807) is 28.8 Å². The minimum Gasteiger partial charge on any atom is -0.339 e. The van der Waals surface area contributed by atoms with Gasteiger partial charge in [0.25, 0.3) is 5.91 Å². The summed E-state index contributed by atoms with van der Waals surface area (Å²) in [6.07, 6.45) is 0.793. The van der Waals surface area contributed by atoms with Crippen molar-refractivity contribution in [3.8, 4) is 0 Å². The van der Waals surface area contributed by atoms with Crippen molar-refractivity contribution in [2.24, 2.45) is 0 Å². The van der Waals surface area contributed by atoms with Gasteiger partial charge in [0.1, 0.15) is 0 Å². The maximum Gasteiger partial charge on any atom is 0.255 e. The van der Waals surface area contributed by atoms with Gasteiger partial charge >= 0.3 is 0 Å². The second-order valence-electron chi connectivity index (χ2n) is 5.72. The van der Waals surface area contributed by atoms with Gasteiger partial charge in [0.05, 0.1) is 16.6 Å². The Balaban J connectivity index is 1.63. The summed E-state index contributed by atoms with van der Waals surface area (Å²) in [5.41, 5.74) is 0.530. The van der Waals surface area contributed by atoms with Gasteiger partial charge in [-0.3, -0.25) is 14.9 Å². The Kier molecular flexibility index (Phi) is 5.46. The zero-order chi connectivity index (χ0) is 16.2. The second kappa shape index (κ2) is 7.55. The van der Waals surface area contributed by atoms with Crippen LogP contribution in [0.4, 0.5) is 0 Å². The number of amides is 2. The summed E-state index contributed by atoms with van der Waals surface area (Å²) in [7, 11) is 0. The first-order valence-electron chi connectivity index (χ1n) is 7.80. The molecular weight excluding hydrogens is 334 g/mol. The highest BCUT2D eigenvalue weighted by Crippen LogP contribution is 2.19. The molecule has 2 fully saturated rings. The molecule has 23 heavy (non-hydrogen) atoms.